The summed E-state index contributed by atoms with van der Waals surface area (Å²) in [5.74, 6) is 1.29. The van der Waals surface area contributed by atoms with Crippen molar-refractivity contribution in [3.63, 3.8) is 0 Å². The summed E-state index contributed by atoms with van der Waals surface area (Å²) >= 11 is 1.52. The third-order valence-corrected chi connectivity index (χ3v) is 4.06. The van der Waals surface area contributed by atoms with E-state index in [4.69, 9.17) is 18.8 Å². The average Bonchev–Trinajstić information content (AvgIpc) is 2.79. The Morgan fingerprint density at radius 2 is 2.10 bits per heavy atom. The summed E-state index contributed by atoms with van der Waals surface area (Å²) in [6, 6.07) is 0. The van der Waals surface area contributed by atoms with Gasteiger partial charge in [0.1, 0.15) is 6.61 Å². The van der Waals surface area contributed by atoms with Crippen molar-refractivity contribution < 1.29 is 27.2 Å². The van der Waals surface area contributed by atoms with Crippen LogP contribution in [0.1, 0.15) is 12.8 Å². The van der Waals surface area contributed by atoms with Crippen LogP contribution in [0.3, 0.4) is 0 Å². The molecule has 0 bridgehead atoms. The molecular formula is C11H17NaO6S2. The van der Waals surface area contributed by atoms with Crippen molar-refractivity contribution in [1.29, 1.82) is 0 Å². The van der Waals surface area contributed by atoms with Gasteiger partial charge in [-0.3, -0.25) is 4.55 Å². The van der Waals surface area contributed by atoms with Crippen LogP contribution in [0, 0.1) is 0 Å². The van der Waals surface area contributed by atoms with Gasteiger partial charge in [-0.1, -0.05) is 0 Å². The van der Waals surface area contributed by atoms with Gasteiger partial charge in [-0.05, 0) is 12.8 Å². The molecular weight excluding hydrogens is 315 g/mol. The summed E-state index contributed by atoms with van der Waals surface area (Å²) in [5.41, 5.74) is 0. The Morgan fingerprint density at radius 3 is 2.85 bits per heavy atom. The molecule has 0 aromatic carbocycles. The van der Waals surface area contributed by atoms with Crippen LogP contribution in [-0.4, -0.2) is 74.2 Å². The van der Waals surface area contributed by atoms with E-state index in [-0.39, 0.29) is 41.4 Å². The molecule has 20 heavy (non-hydrogen) atoms. The number of fused-ring (bicyclic) bond motifs is 1. The molecule has 1 atom stereocenters. The first-order valence-corrected chi connectivity index (χ1v) is 8.48. The minimum absolute atomic E-state index is 0. The summed E-state index contributed by atoms with van der Waals surface area (Å²) in [6.07, 6.45) is 0.829. The van der Waals surface area contributed by atoms with E-state index in [2.05, 4.69) is 0 Å². The SMILES string of the molecule is O=S(=O)(O)CCCCOCC1COc2cscc2O1.[NaH]. The molecule has 9 heteroatoms. The molecule has 1 N–H and O–H groups in total. The first-order chi connectivity index (χ1) is 9.04. The molecule has 0 saturated heterocycles. The van der Waals surface area contributed by atoms with Crippen LogP contribution in [0.4, 0.5) is 0 Å². The zero-order valence-electron chi connectivity index (χ0n) is 10.3. The number of hydrogen-bond acceptors (Lipinski definition) is 6. The standard InChI is InChI=1S/C11H16O6S2.Na.H/c12-19(13,14)4-2-1-3-15-5-9-6-16-10-7-18-8-11(10)17-9;;/h7-9H,1-6H2,(H,12,13,14);;. The first-order valence-electron chi connectivity index (χ1n) is 5.93. The monoisotopic (exact) mass is 332 g/mol. The zero-order chi connectivity index (χ0) is 13.7. The second-order valence-electron chi connectivity index (χ2n) is 4.22. The third-order valence-electron chi connectivity index (χ3n) is 2.56. The Kier molecular flexibility index (Phi) is 7.81. The van der Waals surface area contributed by atoms with Crippen LogP contribution in [0.25, 0.3) is 0 Å². The quantitative estimate of drug-likeness (QED) is 0.454. The fourth-order valence-electron chi connectivity index (χ4n) is 1.65. The second-order valence-corrected chi connectivity index (χ2v) is 6.53. The van der Waals surface area contributed by atoms with E-state index in [1.807, 2.05) is 10.8 Å². The Hall–Kier alpha value is 0.170. The number of rotatable bonds is 7. The summed E-state index contributed by atoms with van der Waals surface area (Å²) in [6.45, 7) is 1.29. The summed E-state index contributed by atoms with van der Waals surface area (Å²) < 4.78 is 46.1. The van der Waals surface area contributed by atoms with Crippen LogP contribution >= 0.6 is 11.3 Å². The Balaban J connectivity index is 0.00000200. The Morgan fingerprint density at radius 1 is 1.35 bits per heavy atom. The molecule has 1 aliphatic rings. The molecule has 0 saturated carbocycles. The van der Waals surface area contributed by atoms with Crippen molar-refractivity contribution in [1.82, 2.24) is 0 Å². The van der Waals surface area contributed by atoms with Crippen LogP contribution < -0.4 is 9.47 Å². The van der Waals surface area contributed by atoms with Crippen molar-refractivity contribution in [3.05, 3.63) is 10.8 Å². The fourth-order valence-corrected chi connectivity index (χ4v) is 2.89. The van der Waals surface area contributed by atoms with E-state index < -0.39 is 10.1 Å². The van der Waals surface area contributed by atoms with E-state index in [1.54, 1.807) is 0 Å². The second kappa shape index (κ2) is 8.57. The molecule has 1 aromatic rings. The normalized spacial score (nSPS) is 17.6. The molecule has 0 radical (unpaired) electrons. The molecule has 1 aliphatic heterocycles. The van der Waals surface area contributed by atoms with Gasteiger partial charge in [-0.15, -0.1) is 11.3 Å². The predicted octanol–water partition coefficient (Wildman–Crippen LogP) is 0.924. The number of unbranched alkanes of at least 4 members (excludes halogenated alkanes) is 1. The van der Waals surface area contributed by atoms with Gasteiger partial charge in [0.15, 0.2) is 17.6 Å². The van der Waals surface area contributed by atoms with Crippen molar-refractivity contribution in [3.8, 4) is 11.5 Å². The Labute approximate surface area is 144 Å². The summed E-state index contributed by atoms with van der Waals surface area (Å²) in [4.78, 5) is 0. The molecule has 1 aromatic heterocycles. The van der Waals surface area contributed by atoms with Crippen molar-refractivity contribution in [2.24, 2.45) is 0 Å². The van der Waals surface area contributed by atoms with E-state index in [1.165, 1.54) is 11.3 Å². The van der Waals surface area contributed by atoms with E-state index in [0.717, 1.165) is 11.5 Å². The molecule has 0 amide bonds. The van der Waals surface area contributed by atoms with E-state index in [9.17, 15) is 8.42 Å². The average molecular weight is 332 g/mol. The maximum absolute atomic E-state index is 10.5. The van der Waals surface area contributed by atoms with Gasteiger partial charge >= 0.3 is 29.6 Å². The van der Waals surface area contributed by atoms with Crippen molar-refractivity contribution in [2.75, 3.05) is 25.6 Å². The number of thiophene rings is 1. The summed E-state index contributed by atoms with van der Waals surface area (Å²) in [7, 11) is -3.86. The molecule has 0 fully saturated rings. The topological polar surface area (TPSA) is 82.1 Å². The fraction of sp³-hybridized carbons (Fsp3) is 0.636. The third kappa shape index (κ3) is 6.30. The molecule has 1 unspecified atom stereocenters. The summed E-state index contributed by atoms with van der Waals surface area (Å²) in [5, 5.41) is 3.77. The Bertz CT molecular complexity index is 501. The minimum atomic E-state index is -3.86. The first kappa shape index (κ1) is 18.2. The van der Waals surface area contributed by atoms with Gasteiger partial charge in [0, 0.05) is 17.4 Å². The van der Waals surface area contributed by atoms with Crippen LogP contribution in [-0.2, 0) is 14.9 Å². The van der Waals surface area contributed by atoms with Gasteiger partial charge in [-0.2, -0.15) is 8.42 Å². The number of hydrogen-bond donors (Lipinski definition) is 1. The predicted molar refractivity (Wildman–Crippen MR) is 77.8 cm³/mol. The molecule has 2 rings (SSSR count). The van der Waals surface area contributed by atoms with Gasteiger partial charge in [-0.25, -0.2) is 0 Å². The molecule has 110 valence electrons. The van der Waals surface area contributed by atoms with E-state index >= 15 is 0 Å². The van der Waals surface area contributed by atoms with Gasteiger partial charge in [0.2, 0.25) is 0 Å². The van der Waals surface area contributed by atoms with Crippen LogP contribution in [0.5, 0.6) is 11.5 Å². The van der Waals surface area contributed by atoms with Gasteiger partial charge in [0.05, 0.1) is 12.4 Å². The zero-order valence-corrected chi connectivity index (χ0v) is 11.9. The van der Waals surface area contributed by atoms with Crippen LogP contribution in [0.15, 0.2) is 10.8 Å². The molecule has 0 spiro atoms. The van der Waals surface area contributed by atoms with Crippen molar-refractivity contribution in [2.45, 2.75) is 18.9 Å². The molecule has 2 heterocycles. The van der Waals surface area contributed by atoms with Gasteiger partial charge < -0.3 is 14.2 Å². The molecule has 6 nitrogen and oxygen atoms in total. The van der Waals surface area contributed by atoms with E-state index in [0.29, 0.717) is 32.7 Å². The molecule has 0 aliphatic carbocycles. The maximum atomic E-state index is 10.5. The number of ether oxygens (including phenoxy) is 3. The van der Waals surface area contributed by atoms with Gasteiger partial charge in [0.25, 0.3) is 10.1 Å². The van der Waals surface area contributed by atoms with Crippen molar-refractivity contribution >= 4 is 51.0 Å². The van der Waals surface area contributed by atoms with Crippen LogP contribution in [0.2, 0.25) is 0 Å².